The van der Waals surface area contributed by atoms with Crippen LogP contribution in [0, 0.1) is 16.2 Å². The van der Waals surface area contributed by atoms with E-state index in [0.717, 1.165) is 0 Å². The molecule has 20 heavy (non-hydrogen) atoms. The van der Waals surface area contributed by atoms with Crippen molar-refractivity contribution in [1.82, 2.24) is 0 Å². The minimum absolute atomic E-state index is 0.472. The highest BCUT2D eigenvalue weighted by molar-refractivity contribution is 5.35. The monoisotopic (exact) mass is 272 g/mol. The van der Waals surface area contributed by atoms with Crippen molar-refractivity contribution in [3.8, 4) is 0 Å². The molecule has 0 aliphatic heterocycles. The first-order valence-corrected chi connectivity index (χ1v) is 8.63. The SMILES string of the molecule is CC1=CCC2(C)CCC3(C)CCC(C)(C)CC3=C2CC1. The molecule has 0 radical (unpaired) electrons. The van der Waals surface area contributed by atoms with Crippen molar-refractivity contribution in [1.29, 1.82) is 0 Å². The van der Waals surface area contributed by atoms with Crippen LogP contribution in [-0.4, -0.2) is 0 Å². The molecule has 0 bridgehead atoms. The quantitative estimate of drug-likeness (QED) is 0.446. The summed E-state index contributed by atoms with van der Waals surface area (Å²) in [7, 11) is 0. The van der Waals surface area contributed by atoms with E-state index in [1.54, 1.807) is 5.57 Å². The van der Waals surface area contributed by atoms with Crippen molar-refractivity contribution in [3.63, 3.8) is 0 Å². The molecule has 1 saturated carbocycles. The molecular formula is C20H32. The van der Waals surface area contributed by atoms with Crippen LogP contribution in [0.25, 0.3) is 0 Å². The molecule has 1 fully saturated rings. The molecule has 0 heteroatoms. The van der Waals surface area contributed by atoms with E-state index < -0.39 is 0 Å². The number of hydrogen-bond acceptors (Lipinski definition) is 0. The summed E-state index contributed by atoms with van der Waals surface area (Å²) in [4.78, 5) is 0. The van der Waals surface area contributed by atoms with Crippen molar-refractivity contribution < 1.29 is 0 Å². The van der Waals surface area contributed by atoms with Gasteiger partial charge in [-0.2, -0.15) is 0 Å². The molecule has 0 saturated heterocycles. The highest BCUT2D eigenvalue weighted by Gasteiger charge is 2.47. The van der Waals surface area contributed by atoms with Crippen LogP contribution in [-0.2, 0) is 0 Å². The van der Waals surface area contributed by atoms with Gasteiger partial charge < -0.3 is 0 Å². The van der Waals surface area contributed by atoms with Crippen LogP contribution < -0.4 is 0 Å². The van der Waals surface area contributed by atoms with Crippen molar-refractivity contribution in [2.24, 2.45) is 16.2 Å². The van der Waals surface area contributed by atoms with Crippen LogP contribution in [0.5, 0.6) is 0 Å². The maximum atomic E-state index is 2.56. The molecule has 0 aromatic rings. The summed E-state index contributed by atoms with van der Waals surface area (Å²) in [6.45, 7) is 12.4. The standard InChI is InChI=1S/C20H32/c1-15-6-7-16-17-14-18(2,3)10-11-20(17,5)13-12-19(16,4)9-8-15/h8H,6-7,9-14H2,1-5H3. The van der Waals surface area contributed by atoms with E-state index >= 15 is 0 Å². The fourth-order valence-electron chi connectivity index (χ4n) is 4.86. The molecule has 0 aromatic carbocycles. The van der Waals surface area contributed by atoms with Crippen molar-refractivity contribution >= 4 is 0 Å². The summed E-state index contributed by atoms with van der Waals surface area (Å²) in [6, 6.07) is 0. The average Bonchev–Trinajstić information content (AvgIpc) is 2.52. The third-order valence-corrected chi connectivity index (χ3v) is 6.73. The molecule has 2 unspecified atom stereocenters. The molecule has 0 nitrogen and oxygen atoms in total. The molecule has 0 spiro atoms. The summed E-state index contributed by atoms with van der Waals surface area (Å²) in [5.41, 5.74) is 6.89. The number of hydrogen-bond donors (Lipinski definition) is 0. The molecule has 0 heterocycles. The van der Waals surface area contributed by atoms with E-state index in [1.165, 1.54) is 51.4 Å². The maximum absolute atomic E-state index is 2.56. The highest BCUT2D eigenvalue weighted by Crippen LogP contribution is 2.60. The van der Waals surface area contributed by atoms with Gasteiger partial charge in [-0.15, -0.1) is 0 Å². The predicted octanol–water partition coefficient (Wildman–Crippen LogP) is 6.43. The Labute approximate surface area is 125 Å². The number of allylic oxidation sites excluding steroid dienone is 4. The van der Waals surface area contributed by atoms with Crippen molar-refractivity contribution in [3.05, 3.63) is 22.8 Å². The first-order chi connectivity index (χ1) is 9.24. The molecule has 3 aliphatic rings. The molecular weight excluding hydrogens is 240 g/mol. The van der Waals surface area contributed by atoms with Crippen molar-refractivity contribution in [2.75, 3.05) is 0 Å². The van der Waals surface area contributed by atoms with E-state index in [-0.39, 0.29) is 0 Å². The lowest BCUT2D eigenvalue weighted by Crippen LogP contribution is -2.39. The van der Waals surface area contributed by atoms with Gasteiger partial charge in [0.05, 0.1) is 0 Å². The smallest absolute Gasteiger partial charge is 0.00785 e. The fraction of sp³-hybridized carbons (Fsp3) is 0.800. The summed E-state index contributed by atoms with van der Waals surface area (Å²) in [5.74, 6) is 0. The van der Waals surface area contributed by atoms with Crippen molar-refractivity contribution in [2.45, 2.75) is 86.0 Å². The topological polar surface area (TPSA) is 0 Å². The second-order valence-electron chi connectivity index (χ2n) is 9.17. The Hall–Kier alpha value is -0.520. The minimum atomic E-state index is 0.472. The van der Waals surface area contributed by atoms with Gasteiger partial charge in [0, 0.05) is 0 Å². The summed E-state index contributed by atoms with van der Waals surface area (Å²) >= 11 is 0. The Bertz CT molecular complexity index is 476. The fourth-order valence-corrected chi connectivity index (χ4v) is 4.86. The molecule has 112 valence electrons. The zero-order chi connectivity index (χ0) is 14.6. The van der Waals surface area contributed by atoms with Crippen LogP contribution in [0.3, 0.4) is 0 Å². The lowest BCUT2D eigenvalue weighted by molar-refractivity contribution is 0.130. The Kier molecular flexibility index (Phi) is 3.23. The molecule has 0 aromatic heterocycles. The van der Waals surface area contributed by atoms with Gasteiger partial charge in [0.25, 0.3) is 0 Å². The van der Waals surface area contributed by atoms with Crippen LogP contribution in [0.4, 0.5) is 0 Å². The van der Waals surface area contributed by atoms with Crippen LogP contribution in [0.2, 0.25) is 0 Å². The van der Waals surface area contributed by atoms with Gasteiger partial charge in [0.15, 0.2) is 0 Å². The van der Waals surface area contributed by atoms with Crippen LogP contribution in [0.1, 0.15) is 86.0 Å². The second kappa shape index (κ2) is 4.49. The summed E-state index contributed by atoms with van der Waals surface area (Å²) < 4.78 is 0. The maximum Gasteiger partial charge on any atom is -0.00785 e. The van der Waals surface area contributed by atoms with Gasteiger partial charge in [0.2, 0.25) is 0 Å². The summed E-state index contributed by atoms with van der Waals surface area (Å²) in [6.07, 6.45) is 13.5. The predicted molar refractivity (Wildman–Crippen MR) is 87.7 cm³/mol. The lowest BCUT2D eigenvalue weighted by atomic mass is 9.53. The molecule has 3 rings (SSSR count). The molecule has 0 N–H and O–H groups in total. The van der Waals surface area contributed by atoms with Gasteiger partial charge in [-0.3, -0.25) is 0 Å². The second-order valence-corrected chi connectivity index (χ2v) is 9.17. The number of fused-ring (bicyclic) bond motifs is 2. The first kappa shape index (κ1) is 14.4. The molecule has 2 atom stereocenters. The highest BCUT2D eigenvalue weighted by atomic mass is 14.5. The number of rotatable bonds is 0. The van der Waals surface area contributed by atoms with Gasteiger partial charge in [-0.05, 0) is 74.5 Å². The third kappa shape index (κ3) is 2.30. The Morgan fingerprint density at radius 2 is 1.45 bits per heavy atom. The normalized spacial score (nSPS) is 40.5. The minimum Gasteiger partial charge on any atom is -0.0847 e. The van der Waals surface area contributed by atoms with Gasteiger partial charge in [0.1, 0.15) is 0 Å². The zero-order valence-corrected chi connectivity index (χ0v) is 14.2. The Balaban J connectivity index is 2.07. The van der Waals surface area contributed by atoms with E-state index in [1.807, 2.05) is 11.1 Å². The Morgan fingerprint density at radius 1 is 0.800 bits per heavy atom. The first-order valence-electron chi connectivity index (χ1n) is 8.63. The lowest BCUT2D eigenvalue weighted by Gasteiger charge is -2.52. The van der Waals surface area contributed by atoms with E-state index in [9.17, 15) is 0 Å². The average molecular weight is 272 g/mol. The molecule has 3 aliphatic carbocycles. The summed E-state index contributed by atoms with van der Waals surface area (Å²) in [5, 5.41) is 0. The van der Waals surface area contributed by atoms with Gasteiger partial charge in [-0.1, -0.05) is 50.5 Å². The van der Waals surface area contributed by atoms with Gasteiger partial charge in [-0.25, -0.2) is 0 Å². The van der Waals surface area contributed by atoms with E-state index in [2.05, 4.69) is 40.7 Å². The molecule has 0 amide bonds. The van der Waals surface area contributed by atoms with Crippen LogP contribution in [0.15, 0.2) is 22.8 Å². The Morgan fingerprint density at radius 3 is 2.20 bits per heavy atom. The van der Waals surface area contributed by atoms with E-state index in [4.69, 9.17) is 0 Å². The largest absolute Gasteiger partial charge is 0.0847 e. The van der Waals surface area contributed by atoms with E-state index in [0.29, 0.717) is 16.2 Å². The van der Waals surface area contributed by atoms with Crippen LogP contribution >= 0.6 is 0 Å². The zero-order valence-electron chi connectivity index (χ0n) is 14.2. The van der Waals surface area contributed by atoms with Gasteiger partial charge >= 0.3 is 0 Å². The third-order valence-electron chi connectivity index (χ3n) is 6.73.